The van der Waals surface area contributed by atoms with Crippen molar-refractivity contribution in [2.75, 3.05) is 128 Å². The van der Waals surface area contributed by atoms with Crippen LogP contribution in [0.4, 0.5) is 48.5 Å². The average molecular weight is 1490 g/mol. The summed E-state index contributed by atoms with van der Waals surface area (Å²) in [4.78, 5) is 82.8. The van der Waals surface area contributed by atoms with Crippen molar-refractivity contribution >= 4 is 111 Å². The highest BCUT2D eigenvalue weighted by atomic mass is 35.7. The molecule has 540 valence electrons. The van der Waals surface area contributed by atoms with Crippen LogP contribution in [-0.2, 0) is 33.3 Å². The van der Waals surface area contributed by atoms with Crippen molar-refractivity contribution < 1.29 is 59.8 Å². The second-order valence-electron chi connectivity index (χ2n) is 22.5. The molecule has 0 atom stereocenters. The van der Waals surface area contributed by atoms with E-state index in [0.717, 1.165) is 15.7 Å². The quantitative estimate of drug-likeness (QED) is 0.0580. The minimum Gasteiger partial charge on any atom is -0.450 e. The summed E-state index contributed by atoms with van der Waals surface area (Å²) in [5, 5.41) is 31.1. The number of anilines is 6. The SMILES string of the molecule is CCOC(=O)N1CCN(c2ccc(N(C(=O)c3ccccc3)S(=O)(=O)c3ccccc3)cc2C#N)CC1.CCOC(=O)N1CCN(c2ccc(N)cc2C#N)CC1.CCOC(=O)N1CCN(c2ccc(NC(=O)c3ccccc3)cc2C#N)CC1.O=C(Cl)c1ccccc1.O=S(=O)(Cl)c1ccccc1. The van der Waals surface area contributed by atoms with E-state index in [0.29, 0.717) is 138 Å². The number of piperazine rings is 3. The molecule has 0 saturated carbocycles. The number of nitrogen functional groups attached to an aromatic ring is 1. The van der Waals surface area contributed by atoms with Crippen LogP contribution in [0.5, 0.6) is 0 Å². The normalized spacial score (nSPS) is 13.2. The van der Waals surface area contributed by atoms with Crippen molar-refractivity contribution in [2.45, 2.75) is 30.6 Å². The Morgan fingerprint density at radius 1 is 0.452 bits per heavy atom. The van der Waals surface area contributed by atoms with Crippen LogP contribution in [0, 0.1) is 34.0 Å². The zero-order valence-electron chi connectivity index (χ0n) is 57.2. The van der Waals surface area contributed by atoms with Gasteiger partial charge in [0.05, 0.1) is 69.1 Å². The third-order valence-corrected chi connectivity index (χ3v) is 19.2. The van der Waals surface area contributed by atoms with Crippen molar-refractivity contribution in [3.05, 3.63) is 240 Å². The summed E-state index contributed by atoms with van der Waals surface area (Å²) in [5.41, 5.74) is 11.7. The van der Waals surface area contributed by atoms with E-state index < -0.39 is 30.2 Å². The molecule has 11 rings (SSSR count). The maximum absolute atomic E-state index is 13.6. The molecular formula is C75H76Cl2N12O13S2. The molecule has 3 aliphatic heterocycles. The van der Waals surface area contributed by atoms with Crippen molar-refractivity contribution in [1.82, 2.24) is 14.7 Å². The number of hydrogen-bond donors (Lipinski definition) is 2. The van der Waals surface area contributed by atoms with Crippen LogP contribution in [0.15, 0.2) is 216 Å². The summed E-state index contributed by atoms with van der Waals surface area (Å²) < 4.78 is 64.3. The van der Waals surface area contributed by atoms with Gasteiger partial charge in [0.2, 0.25) is 0 Å². The molecule has 0 unspecified atom stereocenters. The largest absolute Gasteiger partial charge is 0.450 e. The van der Waals surface area contributed by atoms with Gasteiger partial charge in [0.25, 0.3) is 36.1 Å². The standard InChI is InChI=1S/C27H26N4O5S.C21H22N4O3.C14H18N4O2.C7H5ClO.C6H5ClO2S/c1-2-36-27(33)30-17-15-29(16-18-30)25-14-13-23(19-22(25)20-28)31(26(32)21-9-5-3-6-10-21)37(34,35)24-11-7-4-8-12-24;1-2-28-21(27)25-12-10-24(11-13-25)19-9-8-18(14-17(19)15-22)23-20(26)16-6-4-3-5-7-16;1-2-20-14(19)18-7-5-17(6-8-18)13-4-3-12(16)9-11(13)10-15;8-7(9)6-4-2-1-3-5-6;7-10(8,9)6-4-2-1-3-5-6/h3-14,19H,2,15-18H2,1H3;3-9,14H,2,10-13H2,1H3,(H,23,26);3-4,9H,2,5-8,16H2,1H3;1-5H;1-5H. The number of carbonyl (C=O) groups is 6. The first-order valence-corrected chi connectivity index (χ1v) is 36.9. The molecule has 3 heterocycles. The molecule has 3 aliphatic rings. The molecule has 3 N–H and O–H groups in total. The number of hydrogen-bond acceptors (Lipinski definition) is 20. The summed E-state index contributed by atoms with van der Waals surface area (Å²) in [6.07, 6.45) is -0.953. The molecule has 3 saturated heterocycles. The van der Waals surface area contributed by atoms with Gasteiger partial charge in [-0.3, -0.25) is 14.4 Å². The van der Waals surface area contributed by atoms with Gasteiger partial charge in [0.1, 0.15) is 18.2 Å². The second-order valence-corrected chi connectivity index (χ2v) is 27.2. The minimum atomic E-state index is -4.28. The van der Waals surface area contributed by atoms with Gasteiger partial charge >= 0.3 is 18.3 Å². The summed E-state index contributed by atoms with van der Waals surface area (Å²) in [6, 6.07) is 63.0. The zero-order chi connectivity index (χ0) is 75.2. The molecule has 5 amide bonds. The predicted octanol–water partition coefficient (Wildman–Crippen LogP) is 12.1. The molecule has 25 nitrogen and oxygen atoms in total. The molecule has 3 fully saturated rings. The highest BCUT2D eigenvalue weighted by Gasteiger charge is 2.34. The number of rotatable bonds is 14. The fourth-order valence-electron chi connectivity index (χ4n) is 10.7. The number of nitrogens with two attached hydrogens (primary N) is 1. The zero-order valence-corrected chi connectivity index (χ0v) is 60.3. The third-order valence-electron chi connectivity index (χ3n) is 15.8. The Morgan fingerprint density at radius 2 is 0.798 bits per heavy atom. The molecular weight excluding hydrogens is 1410 g/mol. The number of ether oxygens (including phenoxy) is 3. The number of nitrogens with one attached hydrogen (secondary N) is 1. The van der Waals surface area contributed by atoms with E-state index >= 15 is 0 Å². The van der Waals surface area contributed by atoms with Gasteiger partial charge in [-0.1, -0.05) is 103 Å². The summed E-state index contributed by atoms with van der Waals surface area (Å²) in [6.45, 7) is 13.0. The number of nitrogens with zero attached hydrogens (tertiary/aromatic N) is 10. The lowest BCUT2D eigenvalue weighted by Crippen LogP contribution is -2.49. The van der Waals surface area contributed by atoms with Crippen molar-refractivity contribution in [3.63, 3.8) is 0 Å². The van der Waals surface area contributed by atoms with E-state index in [-0.39, 0.29) is 50.8 Å². The Morgan fingerprint density at radius 3 is 1.16 bits per heavy atom. The average Bonchev–Trinajstić information content (AvgIpc) is 0.782. The molecule has 0 spiro atoms. The fraction of sp³-hybridized carbons (Fsp3) is 0.240. The van der Waals surface area contributed by atoms with Crippen molar-refractivity contribution in [3.8, 4) is 18.2 Å². The lowest BCUT2D eigenvalue weighted by Gasteiger charge is -2.36. The second kappa shape index (κ2) is 39.5. The number of carbonyl (C=O) groups excluding carboxylic acids is 6. The monoisotopic (exact) mass is 1490 g/mol. The van der Waals surface area contributed by atoms with E-state index in [2.05, 4.69) is 33.3 Å². The van der Waals surface area contributed by atoms with Gasteiger partial charge in [-0.2, -0.15) is 20.1 Å². The van der Waals surface area contributed by atoms with Gasteiger partial charge in [0.15, 0.2) is 0 Å². The Bertz CT molecular complexity index is 4590. The van der Waals surface area contributed by atoms with Crippen LogP contribution in [0.25, 0.3) is 0 Å². The van der Waals surface area contributed by atoms with E-state index in [9.17, 15) is 56.1 Å². The first kappa shape index (κ1) is 79.7. The molecule has 0 bridgehead atoms. The molecule has 104 heavy (non-hydrogen) atoms. The maximum atomic E-state index is 13.6. The van der Waals surface area contributed by atoms with Crippen molar-refractivity contribution in [1.29, 1.82) is 15.8 Å². The van der Waals surface area contributed by atoms with Gasteiger partial charge in [-0.05, 0) is 136 Å². The van der Waals surface area contributed by atoms with Gasteiger partial charge in [-0.25, -0.2) is 31.2 Å². The van der Waals surface area contributed by atoms with Crippen LogP contribution in [-0.4, -0.2) is 165 Å². The lowest BCUT2D eigenvalue weighted by molar-refractivity contribution is 0.100. The Hall–Kier alpha value is -11.7. The molecule has 8 aromatic carbocycles. The third kappa shape index (κ3) is 22.7. The van der Waals surface area contributed by atoms with E-state index in [1.54, 1.807) is 181 Å². The van der Waals surface area contributed by atoms with Crippen LogP contribution < -0.4 is 30.1 Å². The Balaban J connectivity index is 0.000000198. The summed E-state index contributed by atoms with van der Waals surface area (Å²) >= 11 is 5.16. The topological polar surface area (TPSA) is 330 Å². The minimum absolute atomic E-state index is 0.0445. The van der Waals surface area contributed by atoms with Crippen LogP contribution in [0.3, 0.4) is 0 Å². The molecule has 0 aromatic heterocycles. The molecule has 0 aliphatic carbocycles. The molecule has 29 heteroatoms. The Kier molecular flexibility index (Phi) is 30.3. The number of benzene rings is 8. The van der Waals surface area contributed by atoms with E-state index in [4.69, 9.17) is 47.5 Å². The predicted molar refractivity (Wildman–Crippen MR) is 398 cm³/mol. The highest BCUT2D eigenvalue weighted by molar-refractivity contribution is 8.13. The number of amides is 5. The summed E-state index contributed by atoms with van der Waals surface area (Å²) in [5.74, 6) is -0.954. The number of sulfonamides is 1. The first-order chi connectivity index (χ1) is 50.0. The van der Waals surface area contributed by atoms with E-state index in [1.807, 2.05) is 29.2 Å². The maximum Gasteiger partial charge on any atom is 0.409 e. The molecule has 0 radical (unpaired) electrons. The van der Waals surface area contributed by atoms with Gasteiger partial charge in [0, 0.05) is 117 Å². The van der Waals surface area contributed by atoms with Gasteiger partial charge < -0.3 is 54.7 Å². The number of halogens is 2. The van der Waals surface area contributed by atoms with Gasteiger partial charge in [-0.15, -0.1) is 0 Å². The van der Waals surface area contributed by atoms with Crippen LogP contribution in [0.1, 0.15) is 68.5 Å². The first-order valence-electron chi connectivity index (χ1n) is 32.7. The lowest BCUT2D eigenvalue weighted by atomic mass is 10.1. The number of nitriles is 3. The smallest absolute Gasteiger partial charge is 0.409 e. The van der Waals surface area contributed by atoms with E-state index in [1.165, 1.54) is 36.4 Å². The Labute approximate surface area is 614 Å². The highest BCUT2D eigenvalue weighted by Crippen LogP contribution is 2.33. The van der Waals surface area contributed by atoms with Crippen LogP contribution in [0.2, 0.25) is 0 Å². The fourth-order valence-corrected chi connectivity index (χ4v) is 13.0. The van der Waals surface area contributed by atoms with Crippen molar-refractivity contribution in [2.24, 2.45) is 0 Å². The summed E-state index contributed by atoms with van der Waals surface area (Å²) in [7, 11) is -2.78. The van der Waals surface area contributed by atoms with Crippen LogP contribution >= 0.6 is 22.3 Å². The molecule has 8 aromatic rings.